The third kappa shape index (κ3) is 1.18. The molecule has 2 fully saturated rings. The topological polar surface area (TPSA) is 23.5 Å². The molecule has 0 aromatic heterocycles. The van der Waals surface area contributed by atoms with Crippen LogP contribution in [0.25, 0.3) is 0 Å². The van der Waals surface area contributed by atoms with Crippen molar-refractivity contribution in [2.24, 2.45) is 5.92 Å². The van der Waals surface area contributed by atoms with E-state index in [1.165, 1.54) is 25.7 Å². The summed E-state index contributed by atoms with van der Waals surface area (Å²) in [7, 11) is 2.23. The minimum absolute atomic E-state index is 0.404. The van der Waals surface area contributed by atoms with Gasteiger partial charge in [-0.25, -0.2) is 0 Å². The summed E-state index contributed by atoms with van der Waals surface area (Å²) < 4.78 is 0. The Morgan fingerprint density at radius 2 is 1.82 bits per heavy atom. The van der Waals surface area contributed by atoms with Gasteiger partial charge in [0, 0.05) is 18.7 Å². The summed E-state index contributed by atoms with van der Waals surface area (Å²) in [6, 6.07) is 1.57. The number of nitrogens with zero attached hydrogens (tertiary/aromatic N) is 1. The van der Waals surface area contributed by atoms with Gasteiger partial charge in [0.1, 0.15) is 0 Å². The summed E-state index contributed by atoms with van der Waals surface area (Å²) in [6.07, 6.45) is 5.17. The van der Waals surface area contributed by atoms with E-state index in [2.05, 4.69) is 11.9 Å². The molecule has 2 nitrogen and oxygen atoms in total. The molecule has 0 aliphatic carbocycles. The second kappa shape index (κ2) is 2.76. The van der Waals surface area contributed by atoms with Gasteiger partial charge < -0.3 is 10.0 Å². The summed E-state index contributed by atoms with van der Waals surface area (Å²) in [4.78, 5) is 2.51. The Morgan fingerprint density at radius 1 is 1.27 bits per heavy atom. The van der Waals surface area contributed by atoms with Gasteiger partial charge in [-0.3, -0.25) is 0 Å². The molecule has 2 aliphatic heterocycles. The fraction of sp³-hybridized carbons (Fsp3) is 1.00. The zero-order chi connectivity index (χ0) is 7.84. The Labute approximate surface area is 68.2 Å². The quantitative estimate of drug-likeness (QED) is 0.607. The van der Waals surface area contributed by atoms with Crippen LogP contribution in [0, 0.1) is 5.92 Å². The van der Waals surface area contributed by atoms with Crippen LogP contribution in [-0.4, -0.2) is 35.7 Å². The minimum Gasteiger partial charge on any atom is -0.396 e. The predicted molar refractivity (Wildman–Crippen MR) is 44.4 cm³/mol. The maximum absolute atomic E-state index is 9.02. The van der Waals surface area contributed by atoms with Crippen molar-refractivity contribution < 1.29 is 5.11 Å². The van der Waals surface area contributed by atoms with Gasteiger partial charge in [-0.05, 0) is 38.6 Å². The Balaban J connectivity index is 2.02. The maximum atomic E-state index is 9.02. The number of aliphatic hydroxyl groups excluding tert-OH is 1. The Kier molecular flexibility index (Phi) is 1.90. The fourth-order valence-corrected chi connectivity index (χ4v) is 2.67. The number of hydrogen-bond donors (Lipinski definition) is 1. The Bertz CT molecular complexity index is 134. The summed E-state index contributed by atoms with van der Waals surface area (Å²) in [6.45, 7) is 0.404. The lowest BCUT2D eigenvalue weighted by atomic mass is 9.92. The van der Waals surface area contributed by atoms with E-state index in [9.17, 15) is 0 Å². The number of fused-ring (bicyclic) bond motifs is 2. The van der Waals surface area contributed by atoms with Crippen molar-refractivity contribution in [3.63, 3.8) is 0 Å². The molecule has 3 atom stereocenters. The molecule has 2 saturated heterocycles. The van der Waals surface area contributed by atoms with Crippen molar-refractivity contribution in [1.82, 2.24) is 4.90 Å². The molecule has 1 unspecified atom stereocenters. The molecule has 0 spiro atoms. The molecule has 0 aromatic carbocycles. The van der Waals surface area contributed by atoms with Crippen LogP contribution >= 0.6 is 0 Å². The molecule has 2 heteroatoms. The van der Waals surface area contributed by atoms with Gasteiger partial charge in [0.2, 0.25) is 0 Å². The van der Waals surface area contributed by atoms with Gasteiger partial charge in [0.15, 0.2) is 0 Å². The molecule has 64 valence electrons. The van der Waals surface area contributed by atoms with Crippen LogP contribution in [0.1, 0.15) is 25.7 Å². The van der Waals surface area contributed by atoms with Crippen molar-refractivity contribution in [1.29, 1.82) is 0 Å². The van der Waals surface area contributed by atoms with E-state index in [-0.39, 0.29) is 0 Å². The highest BCUT2D eigenvalue weighted by atomic mass is 16.3. The molecule has 2 rings (SSSR count). The average molecular weight is 155 g/mol. The van der Waals surface area contributed by atoms with Gasteiger partial charge in [-0.15, -0.1) is 0 Å². The van der Waals surface area contributed by atoms with E-state index in [0.29, 0.717) is 12.5 Å². The first-order chi connectivity index (χ1) is 5.31. The van der Waals surface area contributed by atoms with Gasteiger partial charge in [-0.1, -0.05) is 0 Å². The monoisotopic (exact) mass is 155 g/mol. The third-order valence-electron chi connectivity index (χ3n) is 3.45. The van der Waals surface area contributed by atoms with Crippen LogP contribution in [0.2, 0.25) is 0 Å². The van der Waals surface area contributed by atoms with E-state index in [0.717, 1.165) is 12.1 Å². The molecule has 11 heavy (non-hydrogen) atoms. The molecular formula is C9H17NO. The molecule has 1 N–H and O–H groups in total. The van der Waals surface area contributed by atoms with Crippen LogP contribution in [-0.2, 0) is 0 Å². The first-order valence-corrected chi connectivity index (χ1v) is 4.64. The van der Waals surface area contributed by atoms with Crippen molar-refractivity contribution in [3.8, 4) is 0 Å². The van der Waals surface area contributed by atoms with E-state index >= 15 is 0 Å². The largest absolute Gasteiger partial charge is 0.396 e. The number of aliphatic hydroxyl groups is 1. The average Bonchev–Trinajstić information content (AvgIpc) is 2.26. The van der Waals surface area contributed by atoms with Crippen LogP contribution in [0.15, 0.2) is 0 Å². The summed E-state index contributed by atoms with van der Waals surface area (Å²) in [5, 5.41) is 9.02. The molecule has 0 saturated carbocycles. The summed E-state index contributed by atoms with van der Waals surface area (Å²) in [5.74, 6) is 0.601. The number of piperidine rings is 1. The van der Waals surface area contributed by atoms with Crippen LogP contribution in [0.5, 0.6) is 0 Å². The maximum Gasteiger partial charge on any atom is 0.0460 e. The third-order valence-corrected chi connectivity index (χ3v) is 3.45. The van der Waals surface area contributed by atoms with E-state index in [4.69, 9.17) is 5.11 Å². The van der Waals surface area contributed by atoms with Crippen molar-refractivity contribution in [2.45, 2.75) is 37.8 Å². The molecule has 2 aliphatic rings. The molecular weight excluding hydrogens is 138 g/mol. The Morgan fingerprint density at radius 3 is 2.27 bits per heavy atom. The van der Waals surface area contributed by atoms with E-state index in [1.807, 2.05) is 0 Å². The highest BCUT2D eigenvalue weighted by molar-refractivity contribution is 4.92. The van der Waals surface area contributed by atoms with Crippen molar-refractivity contribution in [3.05, 3.63) is 0 Å². The van der Waals surface area contributed by atoms with E-state index in [1.54, 1.807) is 0 Å². The molecule has 0 radical (unpaired) electrons. The van der Waals surface area contributed by atoms with Crippen LogP contribution < -0.4 is 0 Å². The lowest BCUT2D eigenvalue weighted by Gasteiger charge is -2.35. The van der Waals surface area contributed by atoms with Gasteiger partial charge in [-0.2, -0.15) is 0 Å². The molecule has 0 aromatic rings. The highest BCUT2D eigenvalue weighted by Gasteiger charge is 2.37. The van der Waals surface area contributed by atoms with Crippen LogP contribution in [0.3, 0.4) is 0 Å². The van der Waals surface area contributed by atoms with Crippen LogP contribution in [0.4, 0.5) is 0 Å². The second-order valence-corrected chi connectivity index (χ2v) is 4.07. The van der Waals surface area contributed by atoms with Crippen molar-refractivity contribution in [2.75, 3.05) is 13.7 Å². The van der Waals surface area contributed by atoms with E-state index < -0.39 is 0 Å². The molecule has 0 amide bonds. The lowest BCUT2D eigenvalue weighted by Crippen LogP contribution is -2.40. The number of rotatable bonds is 1. The standard InChI is InChI=1S/C9H17NO/c1-10-8-2-3-9(10)5-7(4-8)6-11/h7-9,11H,2-6H2,1H3/t7?,8-,9+. The van der Waals surface area contributed by atoms with Gasteiger partial charge in [0.25, 0.3) is 0 Å². The summed E-state index contributed by atoms with van der Waals surface area (Å²) >= 11 is 0. The number of hydrogen-bond acceptors (Lipinski definition) is 2. The first-order valence-electron chi connectivity index (χ1n) is 4.64. The minimum atomic E-state index is 0.404. The molecule has 2 heterocycles. The summed E-state index contributed by atoms with van der Waals surface area (Å²) in [5.41, 5.74) is 0. The zero-order valence-electron chi connectivity index (χ0n) is 7.16. The van der Waals surface area contributed by atoms with Gasteiger partial charge in [0.05, 0.1) is 0 Å². The highest BCUT2D eigenvalue weighted by Crippen LogP contribution is 2.36. The predicted octanol–water partition coefficient (Wildman–Crippen LogP) is 0.851. The lowest BCUT2D eigenvalue weighted by molar-refractivity contribution is 0.0945. The Hall–Kier alpha value is -0.0800. The normalized spacial score (nSPS) is 44.7. The SMILES string of the molecule is CN1[C@@H]2CC[C@H]1CC(CO)C2. The zero-order valence-corrected chi connectivity index (χ0v) is 7.16. The second-order valence-electron chi connectivity index (χ2n) is 4.07. The smallest absolute Gasteiger partial charge is 0.0460 e. The molecule has 2 bridgehead atoms. The van der Waals surface area contributed by atoms with Crippen molar-refractivity contribution >= 4 is 0 Å². The fourth-order valence-electron chi connectivity index (χ4n) is 2.67. The first kappa shape index (κ1) is 7.56. The van der Waals surface area contributed by atoms with Gasteiger partial charge >= 0.3 is 0 Å².